The van der Waals surface area contributed by atoms with Crippen molar-refractivity contribution in [3.63, 3.8) is 0 Å². The second-order valence-corrected chi connectivity index (χ2v) is 4.43. The van der Waals surface area contributed by atoms with E-state index in [1.54, 1.807) is 0 Å². The smallest absolute Gasteiger partial charge is 0.0511 e. The largest absolute Gasteiger partial charge is 0.344 e. The van der Waals surface area contributed by atoms with Gasteiger partial charge in [0.1, 0.15) is 0 Å². The number of allylic oxidation sites excluding steroid dienone is 3. The van der Waals surface area contributed by atoms with Gasteiger partial charge in [0, 0.05) is 12.7 Å². The number of hydrogen-bond acceptors (Lipinski definition) is 1. The molecule has 0 saturated heterocycles. The molecule has 0 spiro atoms. The predicted octanol–water partition coefficient (Wildman–Crippen LogP) is 4.21. The minimum Gasteiger partial charge on any atom is -0.344 e. The summed E-state index contributed by atoms with van der Waals surface area (Å²) in [6, 6.07) is 10.5. The average molecular weight is 225 g/mol. The SMILES string of the molecule is C=C1C(CC)=CC(C)=C(c2ccccc2)N1C. The molecule has 0 aliphatic carbocycles. The second kappa shape index (κ2) is 4.62. The van der Waals surface area contributed by atoms with Gasteiger partial charge in [0.25, 0.3) is 0 Å². The van der Waals surface area contributed by atoms with Crippen LogP contribution in [0.2, 0.25) is 0 Å². The van der Waals surface area contributed by atoms with Crippen LogP contribution < -0.4 is 0 Å². The average Bonchev–Trinajstić information content (AvgIpc) is 2.35. The topological polar surface area (TPSA) is 3.24 Å². The first-order chi connectivity index (χ1) is 8.15. The van der Waals surface area contributed by atoms with E-state index in [9.17, 15) is 0 Å². The second-order valence-electron chi connectivity index (χ2n) is 4.43. The van der Waals surface area contributed by atoms with E-state index in [2.05, 4.69) is 62.7 Å². The summed E-state index contributed by atoms with van der Waals surface area (Å²) in [6.07, 6.45) is 3.28. The van der Waals surface area contributed by atoms with E-state index < -0.39 is 0 Å². The van der Waals surface area contributed by atoms with Gasteiger partial charge in [-0.3, -0.25) is 0 Å². The third-order valence-electron chi connectivity index (χ3n) is 3.30. The van der Waals surface area contributed by atoms with Crippen LogP contribution in [0.3, 0.4) is 0 Å². The van der Waals surface area contributed by atoms with Crippen molar-refractivity contribution >= 4 is 5.70 Å². The molecule has 0 fully saturated rings. The number of hydrogen-bond donors (Lipinski definition) is 0. The van der Waals surface area contributed by atoms with Crippen molar-refractivity contribution in [1.29, 1.82) is 0 Å². The maximum atomic E-state index is 4.18. The van der Waals surface area contributed by atoms with Gasteiger partial charge in [-0.15, -0.1) is 0 Å². The maximum absolute atomic E-state index is 4.18. The van der Waals surface area contributed by atoms with Crippen LogP contribution in [0.5, 0.6) is 0 Å². The van der Waals surface area contributed by atoms with Gasteiger partial charge in [-0.05, 0) is 30.1 Å². The summed E-state index contributed by atoms with van der Waals surface area (Å²) in [5, 5.41) is 0. The van der Waals surface area contributed by atoms with Crippen LogP contribution in [0.25, 0.3) is 5.70 Å². The quantitative estimate of drug-likeness (QED) is 0.728. The van der Waals surface area contributed by atoms with E-state index in [4.69, 9.17) is 0 Å². The molecule has 0 amide bonds. The predicted molar refractivity (Wildman–Crippen MR) is 74.3 cm³/mol. The molecular weight excluding hydrogens is 206 g/mol. The highest BCUT2D eigenvalue weighted by molar-refractivity contribution is 5.73. The Morgan fingerprint density at radius 3 is 2.41 bits per heavy atom. The highest BCUT2D eigenvalue weighted by Crippen LogP contribution is 2.34. The summed E-state index contributed by atoms with van der Waals surface area (Å²) < 4.78 is 0. The molecule has 1 nitrogen and oxygen atoms in total. The van der Waals surface area contributed by atoms with E-state index in [0.717, 1.165) is 12.1 Å². The maximum Gasteiger partial charge on any atom is 0.0511 e. The third kappa shape index (κ3) is 2.05. The van der Waals surface area contributed by atoms with Gasteiger partial charge in [-0.25, -0.2) is 0 Å². The van der Waals surface area contributed by atoms with Crippen molar-refractivity contribution in [1.82, 2.24) is 4.90 Å². The Morgan fingerprint density at radius 1 is 1.18 bits per heavy atom. The fraction of sp³-hybridized carbons (Fsp3) is 0.250. The minimum absolute atomic E-state index is 1.03. The zero-order chi connectivity index (χ0) is 12.4. The first-order valence-electron chi connectivity index (χ1n) is 6.05. The van der Waals surface area contributed by atoms with E-state index >= 15 is 0 Å². The molecule has 0 N–H and O–H groups in total. The number of benzene rings is 1. The summed E-state index contributed by atoms with van der Waals surface area (Å²) in [4.78, 5) is 2.20. The number of nitrogens with zero attached hydrogens (tertiary/aromatic N) is 1. The monoisotopic (exact) mass is 225 g/mol. The Hall–Kier alpha value is -1.76. The lowest BCUT2D eigenvalue weighted by atomic mass is 9.96. The Kier molecular flexibility index (Phi) is 3.19. The standard InChI is InChI=1S/C16H19N/c1-5-14-11-12(2)16(17(4)13(14)3)15-9-7-6-8-10-15/h6-11H,3,5H2,1-2,4H3. The lowest BCUT2D eigenvalue weighted by molar-refractivity contribution is 0.592. The van der Waals surface area contributed by atoms with Crippen LogP contribution in [0.15, 0.2) is 59.8 Å². The summed E-state index contributed by atoms with van der Waals surface area (Å²) in [5.41, 5.74) is 6.25. The van der Waals surface area contributed by atoms with Gasteiger partial charge < -0.3 is 4.90 Å². The Balaban J connectivity index is 2.53. The molecule has 0 bridgehead atoms. The molecule has 1 aliphatic rings. The highest BCUT2D eigenvalue weighted by Gasteiger charge is 2.19. The first-order valence-corrected chi connectivity index (χ1v) is 6.05. The van der Waals surface area contributed by atoms with Crippen molar-refractivity contribution in [3.05, 3.63) is 65.4 Å². The molecule has 1 heteroatoms. The Labute approximate surface area is 104 Å². The Bertz CT molecular complexity index is 492. The molecule has 88 valence electrons. The van der Waals surface area contributed by atoms with Crippen molar-refractivity contribution in [2.24, 2.45) is 0 Å². The fourth-order valence-electron chi connectivity index (χ4n) is 2.35. The molecule has 1 aliphatic heterocycles. The highest BCUT2D eigenvalue weighted by atomic mass is 15.1. The fourth-order valence-corrected chi connectivity index (χ4v) is 2.35. The minimum atomic E-state index is 1.03. The van der Waals surface area contributed by atoms with Crippen LogP contribution in [0.1, 0.15) is 25.8 Å². The zero-order valence-corrected chi connectivity index (χ0v) is 10.8. The van der Waals surface area contributed by atoms with Crippen molar-refractivity contribution < 1.29 is 0 Å². The van der Waals surface area contributed by atoms with Gasteiger partial charge in [0.15, 0.2) is 0 Å². The van der Waals surface area contributed by atoms with Gasteiger partial charge >= 0.3 is 0 Å². The summed E-state index contributed by atoms with van der Waals surface area (Å²) >= 11 is 0. The van der Waals surface area contributed by atoms with E-state index in [1.165, 1.54) is 22.4 Å². The molecule has 0 aromatic heterocycles. The lowest BCUT2D eigenvalue weighted by Gasteiger charge is -2.31. The van der Waals surface area contributed by atoms with Crippen molar-refractivity contribution in [2.45, 2.75) is 20.3 Å². The van der Waals surface area contributed by atoms with Crippen LogP contribution in [-0.2, 0) is 0 Å². The molecule has 0 atom stereocenters. The van der Waals surface area contributed by atoms with E-state index in [1.807, 2.05) is 6.07 Å². The van der Waals surface area contributed by atoms with Gasteiger partial charge in [0.2, 0.25) is 0 Å². The molecule has 1 aromatic rings. The van der Waals surface area contributed by atoms with Crippen LogP contribution in [0, 0.1) is 0 Å². The number of likely N-dealkylation sites (N-methyl/N-ethyl adjacent to an activating group) is 1. The number of rotatable bonds is 2. The van der Waals surface area contributed by atoms with Crippen molar-refractivity contribution in [2.75, 3.05) is 7.05 Å². The molecule has 0 radical (unpaired) electrons. The van der Waals surface area contributed by atoms with Crippen LogP contribution >= 0.6 is 0 Å². The summed E-state index contributed by atoms with van der Waals surface area (Å²) in [6.45, 7) is 8.52. The van der Waals surface area contributed by atoms with Crippen LogP contribution in [0.4, 0.5) is 0 Å². The molecule has 1 heterocycles. The van der Waals surface area contributed by atoms with Gasteiger partial charge in [-0.1, -0.05) is 49.9 Å². The molecule has 0 unspecified atom stereocenters. The first kappa shape index (κ1) is 11.7. The molecule has 0 saturated carbocycles. The van der Waals surface area contributed by atoms with Gasteiger partial charge in [-0.2, -0.15) is 0 Å². The molecule has 17 heavy (non-hydrogen) atoms. The van der Waals surface area contributed by atoms with Gasteiger partial charge in [0.05, 0.1) is 5.70 Å². The molecule has 2 rings (SSSR count). The van der Waals surface area contributed by atoms with Crippen molar-refractivity contribution in [3.8, 4) is 0 Å². The van der Waals surface area contributed by atoms with E-state index in [0.29, 0.717) is 0 Å². The zero-order valence-electron chi connectivity index (χ0n) is 10.8. The Morgan fingerprint density at radius 2 is 1.82 bits per heavy atom. The normalized spacial score (nSPS) is 16.3. The molecule has 1 aromatic carbocycles. The van der Waals surface area contributed by atoms with E-state index in [-0.39, 0.29) is 0 Å². The molecular formula is C16H19N. The lowest BCUT2D eigenvalue weighted by Crippen LogP contribution is -2.21. The third-order valence-corrected chi connectivity index (χ3v) is 3.30. The summed E-state index contributed by atoms with van der Waals surface area (Å²) in [5.74, 6) is 0. The summed E-state index contributed by atoms with van der Waals surface area (Å²) in [7, 11) is 2.09. The van der Waals surface area contributed by atoms with Crippen LogP contribution in [-0.4, -0.2) is 11.9 Å².